The Labute approximate surface area is 232 Å². The molecule has 0 bridgehead atoms. The molecule has 1 saturated heterocycles. The Morgan fingerprint density at radius 1 is 1.10 bits per heavy atom. The SMILES string of the molecule is CC1=Cc2c(cc(C3CCOCC3)nc2N2CCCc3cc(-c4cccn(C)c4=O)c(C(F)F)cc32)N(C)C1O. The van der Waals surface area contributed by atoms with Crippen LogP contribution in [-0.2, 0) is 18.2 Å². The predicted molar refractivity (Wildman–Crippen MR) is 152 cm³/mol. The fourth-order valence-electron chi connectivity index (χ4n) is 6.21. The van der Waals surface area contributed by atoms with Crippen molar-refractivity contribution < 1.29 is 18.6 Å². The van der Waals surface area contributed by atoms with Crippen LogP contribution in [0.25, 0.3) is 17.2 Å². The highest BCUT2D eigenvalue weighted by Crippen LogP contribution is 2.45. The maximum Gasteiger partial charge on any atom is 0.264 e. The molecule has 0 spiro atoms. The lowest BCUT2D eigenvalue weighted by Gasteiger charge is -2.38. The van der Waals surface area contributed by atoms with Gasteiger partial charge in [0.1, 0.15) is 12.0 Å². The second-order valence-corrected chi connectivity index (χ2v) is 11.0. The normalized spacial score (nSPS) is 19.5. The molecule has 2 aromatic heterocycles. The van der Waals surface area contributed by atoms with Gasteiger partial charge in [-0.05, 0) is 85.7 Å². The van der Waals surface area contributed by atoms with Crippen LogP contribution in [0.3, 0.4) is 0 Å². The van der Waals surface area contributed by atoms with Crippen molar-refractivity contribution in [2.75, 3.05) is 36.6 Å². The molecular formula is C31H34F2N4O3. The van der Waals surface area contributed by atoms with Crippen LogP contribution < -0.4 is 15.4 Å². The van der Waals surface area contributed by atoms with Crippen molar-refractivity contribution in [2.45, 2.75) is 51.2 Å². The zero-order chi connectivity index (χ0) is 28.1. The fraction of sp³-hybridized carbons (Fsp3) is 0.419. The quantitative estimate of drug-likeness (QED) is 0.462. The standard InChI is InChI=1S/C31H34F2N4O3/c1-18-14-24-27(36(3)30(18)38)17-25(19-8-12-40-13-9-19)34-29(24)37-11-4-6-20-15-22(23(28(32)33)16-26(20)37)21-7-5-10-35(2)31(21)39/h5,7,10,14-17,19,28,30,38H,4,6,8-9,11-13H2,1-3H3. The maximum absolute atomic E-state index is 14.6. The molecule has 1 unspecified atom stereocenters. The number of aliphatic hydroxyl groups is 1. The minimum Gasteiger partial charge on any atom is -0.381 e. The van der Waals surface area contributed by atoms with Crippen molar-refractivity contribution in [1.29, 1.82) is 0 Å². The number of alkyl halides is 2. The number of likely N-dealkylation sites (N-methyl/N-ethyl adjacent to an activating group) is 1. The first-order valence-electron chi connectivity index (χ1n) is 13.8. The number of halogens is 2. The van der Waals surface area contributed by atoms with Gasteiger partial charge in [0, 0.05) is 74.0 Å². The van der Waals surface area contributed by atoms with Gasteiger partial charge in [0.25, 0.3) is 12.0 Å². The van der Waals surface area contributed by atoms with E-state index in [1.165, 1.54) is 4.57 Å². The summed E-state index contributed by atoms with van der Waals surface area (Å²) in [6.45, 7) is 3.84. The van der Waals surface area contributed by atoms with E-state index in [9.17, 15) is 18.7 Å². The number of fused-ring (bicyclic) bond motifs is 2. The van der Waals surface area contributed by atoms with Crippen LogP contribution in [0, 0.1) is 0 Å². The number of hydrogen-bond acceptors (Lipinski definition) is 6. The molecule has 0 amide bonds. The highest BCUT2D eigenvalue weighted by atomic mass is 19.3. The molecule has 3 aliphatic rings. The first-order chi connectivity index (χ1) is 19.2. The van der Waals surface area contributed by atoms with Crippen LogP contribution in [0.1, 0.15) is 60.9 Å². The number of anilines is 3. The van der Waals surface area contributed by atoms with E-state index in [-0.39, 0.29) is 28.2 Å². The molecule has 0 radical (unpaired) electrons. The molecule has 40 heavy (non-hydrogen) atoms. The second kappa shape index (κ2) is 10.4. The Hall–Kier alpha value is -3.56. The van der Waals surface area contributed by atoms with E-state index in [2.05, 4.69) is 11.0 Å². The number of aromatic nitrogens is 2. The van der Waals surface area contributed by atoms with E-state index < -0.39 is 12.7 Å². The van der Waals surface area contributed by atoms with Crippen molar-refractivity contribution in [2.24, 2.45) is 7.05 Å². The van der Waals surface area contributed by atoms with E-state index in [1.54, 1.807) is 37.5 Å². The summed E-state index contributed by atoms with van der Waals surface area (Å²) in [6.07, 6.45) is 3.31. The molecule has 5 heterocycles. The molecule has 1 aromatic carbocycles. The minimum absolute atomic E-state index is 0.164. The molecule has 3 aromatic rings. The zero-order valence-corrected chi connectivity index (χ0v) is 23.0. The van der Waals surface area contributed by atoms with Gasteiger partial charge in [0.15, 0.2) is 0 Å². The molecule has 1 N–H and O–H groups in total. The summed E-state index contributed by atoms with van der Waals surface area (Å²) in [5.41, 5.74) is 5.13. The Morgan fingerprint density at radius 3 is 2.62 bits per heavy atom. The molecule has 1 fully saturated rings. The van der Waals surface area contributed by atoms with Crippen LogP contribution in [0.2, 0.25) is 0 Å². The summed E-state index contributed by atoms with van der Waals surface area (Å²) in [5, 5.41) is 10.8. The average Bonchev–Trinajstić information content (AvgIpc) is 2.96. The first kappa shape index (κ1) is 26.7. The van der Waals surface area contributed by atoms with Crippen LogP contribution in [0.4, 0.5) is 26.0 Å². The number of rotatable bonds is 4. The van der Waals surface area contributed by atoms with Gasteiger partial charge in [-0.2, -0.15) is 0 Å². The molecule has 9 heteroatoms. The number of ether oxygens (including phenoxy) is 1. The van der Waals surface area contributed by atoms with Gasteiger partial charge in [-0.25, -0.2) is 13.8 Å². The van der Waals surface area contributed by atoms with Crippen molar-refractivity contribution in [3.05, 3.63) is 74.8 Å². The van der Waals surface area contributed by atoms with Crippen molar-refractivity contribution >= 4 is 23.3 Å². The highest BCUT2D eigenvalue weighted by molar-refractivity contribution is 5.86. The summed E-state index contributed by atoms with van der Waals surface area (Å²) in [5.74, 6) is 0.925. The van der Waals surface area contributed by atoms with E-state index in [4.69, 9.17) is 9.72 Å². The van der Waals surface area contributed by atoms with Crippen LogP contribution in [0.5, 0.6) is 0 Å². The highest BCUT2D eigenvalue weighted by Gasteiger charge is 2.32. The summed E-state index contributed by atoms with van der Waals surface area (Å²) < 4.78 is 36.1. The van der Waals surface area contributed by atoms with Gasteiger partial charge in [-0.15, -0.1) is 0 Å². The van der Waals surface area contributed by atoms with Gasteiger partial charge < -0.3 is 24.2 Å². The van der Waals surface area contributed by atoms with Crippen molar-refractivity contribution in [1.82, 2.24) is 9.55 Å². The smallest absolute Gasteiger partial charge is 0.264 e. The third-order valence-corrected chi connectivity index (χ3v) is 8.48. The molecular weight excluding hydrogens is 514 g/mol. The summed E-state index contributed by atoms with van der Waals surface area (Å²) >= 11 is 0. The number of hydrogen-bond donors (Lipinski definition) is 1. The molecule has 3 aliphatic heterocycles. The number of aliphatic hydroxyl groups excluding tert-OH is 1. The zero-order valence-electron chi connectivity index (χ0n) is 23.0. The van der Waals surface area contributed by atoms with E-state index in [0.29, 0.717) is 37.7 Å². The van der Waals surface area contributed by atoms with Crippen LogP contribution >= 0.6 is 0 Å². The molecule has 7 nitrogen and oxygen atoms in total. The molecule has 0 saturated carbocycles. The number of nitrogens with zero attached hydrogens (tertiary/aromatic N) is 4. The maximum atomic E-state index is 14.6. The lowest BCUT2D eigenvalue weighted by molar-refractivity contribution is 0.0845. The Bertz CT molecular complexity index is 1540. The monoisotopic (exact) mass is 548 g/mol. The number of pyridine rings is 2. The number of aryl methyl sites for hydroxylation is 2. The average molecular weight is 549 g/mol. The molecule has 6 rings (SSSR count). The second-order valence-electron chi connectivity index (χ2n) is 11.0. The van der Waals surface area contributed by atoms with Crippen LogP contribution in [-0.4, -0.2) is 47.7 Å². The fourth-order valence-corrected chi connectivity index (χ4v) is 6.21. The van der Waals surface area contributed by atoms with Crippen molar-refractivity contribution in [3.63, 3.8) is 0 Å². The summed E-state index contributed by atoms with van der Waals surface area (Å²) in [7, 11) is 3.49. The molecule has 1 atom stereocenters. The van der Waals surface area contributed by atoms with Crippen molar-refractivity contribution in [3.8, 4) is 11.1 Å². The summed E-state index contributed by atoms with van der Waals surface area (Å²) in [4.78, 5) is 22.0. The minimum atomic E-state index is -2.76. The van der Waals surface area contributed by atoms with E-state index in [1.807, 2.05) is 24.9 Å². The largest absolute Gasteiger partial charge is 0.381 e. The van der Waals surface area contributed by atoms with Gasteiger partial charge >= 0.3 is 0 Å². The number of benzene rings is 1. The molecule has 210 valence electrons. The predicted octanol–water partition coefficient (Wildman–Crippen LogP) is 5.53. The van der Waals surface area contributed by atoms with Gasteiger partial charge in [0.05, 0.1) is 5.69 Å². The first-order valence-corrected chi connectivity index (χ1v) is 13.8. The van der Waals surface area contributed by atoms with Crippen LogP contribution in [0.15, 0.2) is 46.9 Å². The van der Waals surface area contributed by atoms with Gasteiger partial charge in [0.2, 0.25) is 0 Å². The Kier molecular flexibility index (Phi) is 6.96. The Balaban J connectivity index is 1.55. The van der Waals surface area contributed by atoms with E-state index in [0.717, 1.165) is 47.3 Å². The topological polar surface area (TPSA) is 70.8 Å². The summed E-state index contributed by atoms with van der Waals surface area (Å²) in [6, 6.07) is 8.69. The lowest BCUT2D eigenvalue weighted by Crippen LogP contribution is -2.36. The van der Waals surface area contributed by atoms with E-state index >= 15 is 0 Å². The van der Waals surface area contributed by atoms with Gasteiger partial charge in [-0.1, -0.05) is 0 Å². The third kappa shape index (κ3) is 4.51. The molecule has 0 aliphatic carbocycles. The lowest BCUT2D eigenvalue weighted by atomic mass is 9.91. The third-order valence-electron chi connectivity index (χ3n) is 8.48. The Morgan fingerprint density at radius 2 is 1.88 bits per heavy atom. The van der Waals surface area contributed by atoms with Gasteiger partial charge in [-0.3, -0.25) is 4.79 Å².